The molecule has 0 radical (unpaired) electrons. The van der Waals surface area contributed by atoms with Crippen molar-refractivity contribution in [3.63, 3.8) is 0 Å². The van der Waals surface area contributed by atoms with Crippen LogP contribution in [-0.4, -0.2) is 20.2 Å². The number of rotatable bonds is 5. The van der Waals surface area contributed by atoms with Crippen molar-refractivity contribution in [3.05, 3.63) is 54.2 Å². The van der Waals surface area contributed by atoms with E-state index < -0.39 is 18.4 Å². The Morgan fingerprint density at radius 2 is 1.79 bits per heavy atom. The molecule has 0 spiro atoms. The van der Waals surface area contributed by atoms with Crippen LogP contribution in [0, 0.1) is 12.3 Å². The summed E-state index contributed by atoms with van der Waals surface area (Å²) in [6, 6.07) is 9.02. The minimum atomic E-state index is -2.82. The van der Waals surface area contributed by atoms with E-state index in [1.807, 2.05) is 30.3 Å². The predicted molar refractivity (Wildman–Crippen MR) is 81.9 cm³/mol. The average molecular weight is 327 g/mol. The first kappa shape index (κ1) is 15.6. The molecule has 1 unspecified atom stereocenters. The normalized spacial score (nSPS) is 11.9. The maximum Gasteiger partial charge on any atom is 0.314 e. The van der Waals surface area contributed by atoms with Crippen molar-refractivity contribution in [1.82, 2.24) is 20.2 Å². The van der Waals surface area contributed by atoms with Crippen LogP contribution in [0.25, 0.3) is 11.5 Å². The third-order valence-corrected chi connectivity index (χ3v) is 3.10. The lowest BCUT2D eigenvalue weighted by Crippen LogP contribution is -2.10. The smallest absolute Gasteiger partial charge is 0.314 e. The number of aromatic nitrogens is 4. The number of halogens is 2. The van der Waals surface area contributed by atoms with Gasteiger partial charge in [0.2, 0.25) is 5.95 Å². The predicted octanol–water partition coefficient (Wildman–Crippen LogP) is 3.25. The highest BCUT2D eigenvalue weighted by atomic mass is 19.3. The minimum absolute atomic E-state index is 0.0755. The number of hydrogen-bond acceptors (Lipinski definition) is 6. The monoisotopic (exact) mass is 327 g/mol. The lowest BCUT2D eigenvalue weighted by Gasteiger charge is -2.13. The van der Waals surface area contributed by atoms with Gasteiger partial charge in [-0.25, -0.2) is 9.97 Å². The Hall–Kier alpha value is -3.34. The van der Waals surface area contributed by atoms with Crippen molar-refractivity contribution in [3.8, 4) is 23.8 Å². The highest BCUT2D eigenvalue weighted by molar-refractivity contribution is 5.50. The molecule has 0 saturated carbocycles. The Bertz CT molecular complexity index is 843. The zero-order valence-corrected chi connectivity index (χ0v) is 12.2. The first-order valence-electron chi connectivity index (χ1n) is 6.89. The molecule has 0 bridgehead atoms. The first-order valence-corrected chi connectivity index (χ1v) is 6.89. The van der Waals surface area contributed by atoms with E-state index in [0.29, 0.717) is 11.5 Å². The molecule has 0 aliphatic heterocycles. The van der Waals surface area contributed by atoms with Crippen molar-refractivity contribution in [2.75, 3.05) is 5.32 Å². The van der Waals surface area contributed by atoms with Gasteiger partial charge in [0.25, 0.3) is 11.8 Å². The third kappa shape index (κ3) is 3.35. The van der Waals surface area contributed by atoms with E-state index in [1.54, 1.807) is 0 Å². The number of alkyl halides is 2. The quantitative estimate of drug-likeness (QED) is 0.725. The Balaban J connectivity index is 1.75. The summed E-state index contributed by atoms with van der Waals surface area (Å²) in [5, 5.41) is 9.79. The molecular formula is C16H11F2N5O. The molecule has 0 amide bonds. The summed E-state index contributed by atoms with van der Waals surface area (Å²) in [6.07, 6.45) is 5.48. The van der Waals surface area contributed by atoms with E-state index in [0.717, 1.165) is 5.56 Å². The van der Waals surface area contributed by atoms with E-state index in [9.17, 15) is 8.78 Å². The Labute approximate surface area is 136 Å². The third-order valence-electron chi connectivity index (χ3n) is 3.10. The SMILES string of the molecule is C#CC(Nc1ncc(-c2nnc(C(F)F)o2)cn1)c1ccccc1. The van der Waals surface area contributed by atoms with Gasteiger partial charge >= 0.3 is 6.43 Å². The Kier molecular flexibility index (Phi) is 4.43. The second-order valence-electron chi connectivity index (χ2n) is 4.70. The van der Waals surface area contributed by atoms with E-state index in [-0.39, 0.29) is 5.89 Å². The fourth-order valence-corrected chi connectivity index (χ4v) is 1.95. The van der Waals surface area contributed by atoms with Gasteiger partial charge in [0, 0.05) is 12.4 Å². The zero-order valence-electron chi connectivity index (χ0n) is 12.2. The lowest BCUT2D eigenvalue weighted by molar-refractivity contribution is 0.116. The van der Waals surface area contributed by atoms with Crippen LogP contribution in [-0.2, 0) is 0 Å². The van der Waals surface area contributed by atoms with Crippen LogP contribution < -0.4 is 5.32 Å². The van der Waals surface area contributed by atoms with Gasteiger partial charge in [-0.15, -0.1) is 16.6 Å². The van der Waals surface area contributed by atoms with Gasteiger partial charge in [0.15, 0.2) is 0 Å². The maximum atomic E-state index is 12.4. The van der Waals surface area contributed by atoms with Gasteiger partial charge < -0.3 is 9.73 Å². The lowest BCUT2D eigenvalue weighted by atomic mass is 10.1. The summed E-state index contributed by atoms with van der Waals surface area (Å²) >= 11 is 0. The number of benzene rings is 1. The molecule has 1 aromatic carbocycles. The van der Waals surface area contributed by atoms with Gasteiger partial charge in [-0.3, -0.25) is 0 Å². The summed E-state index contributed by atoms with van der Waals surface area (Å²) in [5.41, 5.74) is 1.23. The molecular weight excluding hydrogens is 316 g/mol. The average Bonchev–Trinajstić information content (AvgIpc) is 3.11. The number of hydrogen-bond donors (Lipinski definition) is 1. The van der Waals surface area contributed by atoms with E-state index in [2.05, 4.69) is 31.4 Å². The second kappa shape index (κ2) is 6.83. The molecule has 8 heteroatoms. The first-order chi connectivity index (χ1) is 11.7. The van der Waals surface area contributed by atoms with Crippen LogP contribution in [0.2, 0.25) is 0 Å². The number of nitrogens with zero attached hydrogens (tertiary/aromatic N) is 4. The molecule has 0 fully saturated rings. The van der Waals surface area contributed by atoms with Gasteiger partial charge in [-0.2, -0.15) is 8.78 Å². The molecule has 1 N–H and O–H groups in total. The van der Waals surface area contributed by atoms with Crippen LogP contribution in [0.4, 0.5) is 14.7 Å². The summed E-state index contributed by atoms with van der Waals surface area (Å²) in [4.78, 5) is 8.18. The van der Waals surface area contributed by atoms with Crippen molar-refractivity contribution in [2.24, 2.45) is 0 Å². The minimum Gasteiger partial charge on any atom is -0.415 e. The molecule has 1 atom stereocenters. The molecule has 0 aliphatic carbocycles. The summed E-state index contributed by atoms with van der Waals surface area (Å²) < 4.78 is 29.7. The summed E-state index contributed by atoms with van der Waals surface area (Å²) in [5.74, 6) is 2.08. The fraction of sp³-hybridized carbons (Fsp3) is 0.125. The van der Waals surface area contributed by atoms with Gasteiger partial charge in [-0.05, 0) is 5.56 Å². The van der Waals surface area contributed by atoms with Crippen molar-refractivity contribution < 1.29 is 13.2 Å². The molecule has 3 rings (SSSR count). The van der Waals surface area contributed by atoms with Gasteiger partial charge in [-0.1, -0.05) is 36.3 Å². The fourth-order valence-electron chi connectivity index (χ4n) is 1.95. The number of nitrogens with one attached hydrogen (secondary N) is 1. The summed E-state index contributed by atoms with van der Waals surface area (Å²) in [6.45, 7) is 0. The molecule has 3 aromatic rings. The van der Waals surface area contributed by atoms with Crippen LogP contribution in [0.15, 0.2) is 47.1 Å². The molecule has 6 nitrogen and oxygen atoms in total. The summed E-state index contributed by atoms with van der Waals surface area (Å²) in [7, 11) is 0. The van der Waals surface area contributed by atoms with E-state index in [4.69, 9.17) is 10.8 Å². The zero-order chi connectivity index (χ0) is 16.9. The van der Waals surface area contributed by atoms with Crippen LogP contribution in [0.5, 0.6) is 0 Å². The van der Waals surface area contributed by atoms with Crippen LogP contribution >= 0.6 is 0 Å². The molecule has 2 heterocycles. The van der Waals surface area contributed by atoms with E-state index in [1.165, 1.54) is 12.4 Å². The largest absolute Gasteiger partial charge is 0.415 e. The molecule has 0 aliphatic rings. The highest BCUT2D eigenvalue weighted by Gasteiger charge is 2.17. The van der Waals surface area contributed by atoms with Crippen molar-refractivity contribution in [1.29, 1.82) is 0 Å². The van der Waals surface area contributed by atoms with Crippen LogP contribution in [0.3, 0.4) is 0 Å². The van der Waals surface area contributed by atoms with Crippen molar-refractivity contribution >= 4 is 5.95 Å². The molecule has 2 aromatic heterocycles. The standard InChI is InChI=1S/C16H11F2N5O/c1-2-12(10-6-4-3-5-7-10)21-16-19-8-11(9-20-16)14-22-23-15(24-14)13(17)18/h1,3-9,12-13H,(H,19,20,21). The van der Waals surface area contributed by atoms with Gasteiger partial charge in [0.05, 0.1) is 5.56 Å². The molecule has 120 valence electrons. The maximum absolute atomic E-state index is 12.4. The highest BCUT2D eigenvalue weighted by Crippen LogP contribution is 2.23. The topological polar surface area (TPSA) is 76.7 Å². The molecule has 0 saturated heterocycles. The Morgan fingerprint density at radius 1 is 1.08 bits per heavy atom. The van der Waals surface area contributed by atoms with E-state index >= 15 is 0 Å². The number of anilines is 1. The molecule has 24 heavy (non-hydrogen) atoms. The van der Waals surface area contributed by atoms with Gasteiger partial charge in [0.1, 0.15) is 6.04 Å². The second-order valence-corrected chi connectivity index (χ2v) is 4.70. The van der Waals surface area contributed by atoms with Crippen LogP contribution in [0.1, 0.15) is 23.9 Å². The van der Waals surface area contributed by atoms with Crippen molar-refractivity contribution in [2.45, 2.75) is 12.5 Å². The Morgan fingerprint density at radius 3 is 2.38 bits per heavy atom. The number of terminal acetylenes is 1.